The Bertz CT molecular complexity index is 1640. The average molecular weight is 651 g/mol. The Morgan fingerprint density at radius 1 is 0.978 bits per heavy atom. The highest BCUT2D eigenvalue weighted by molar-refractivity contribution is 7.89. The summed E-state index contributed by atoms with van der Waals surface area (Å²) in [6.45, 7) is 7.45. The standard InChI is InChI=1S/C34H42N4O5S2/c1-23(2)20-38(45(41,42)28-16-14-27(15-17-28)31-19-36-34(35-5)44-31)21-30(39)29(18-26-12-7-6-8-13-26)37-32(40)22-43-33-24(3)10-9-11-25(33)4/h6-17,19,23,29-30,39H,18,20-22H2,1-5H3,(H,35,36)(H,37,40)/t29-,30-/m0/s1. The molecule has 0 aliphatic carbocycles. The van der Waals surface area contributed by atoms with Crippen LogP contribution < -0.4 is 15.4 Å². The van der Waals surface area contributed by atoms with Gasteiger partial charge >= 0.3 is 0 Å². The van der Waals surface area contributed by atoms with Crippen LogP contribution in [0.25, 0.3) is 10.4 Å². The van der Waals surface area contributed by atoms with E-state index in [-0.39, 0.29) is 30.5 Å². The van der Waals surface area contributed by atoms with E-state index in [1.165, 1.54) is 15.6 Å². The third kappa shape index (κ3) is 9.13. The second-order valence-electron chi connectivity index (χ2n) is 11.5. The monoisotopic (exact) mass is 650 g/mol. The van der Waals surface area contributed by atoms with E-state index in [9.17, 15) is 18.3 Å². The van der Waals surface area contributed by atoms with E-state index in [1.807, 2.05) is 76.2 Å². The number of aliphatic hydroxyl groups excluding tert-OH is 1. The third-order valence-corrected chi connectivity index (χ3v) is 10.2. The van der Waals surface area contributed by atoms with Gasteiger partial charge in [0.25, 0.3) is 5.91 Å². The first-order valence-corrected chi connectivity index (χ1v) is 17.2. The molecule has 0 aliphatic rings. The Morgan fingerprint density at radius 2 is 1.64 bits per heavy atom. The molecule has 1 aromatic heterocycles. The first-order valence-electron chi connectivity index (χ1n) is 14.9. The number of aryl methyl sites for hydroxylation is 2. The van der Waals surface area contributed by atoms with E-state index in [4.69, 9.17) is 4.74 Å². The van der Waals surface area contributed by atoms with Gasteiger partial charge in [0.15, 0.2) is 11.7 Å². The third-order valence-electron chi connectivity index (χ3n) is 7.32. The summed E-state index contributed by atoms with van der Waals surface area (Å²) < 4.78 is 35.0. The fraction of sp³-hybridized carbons (Fsp3) is 0.353. The lowest BCUT2D eigenvalue weighted by atomic mass is 10.0. The Hall–Kier alpha value is -3.77. The summed E-state index contributed by atoms with van der Waals surface area (Å²) in [6, 6.07) is 21.2. The number of benzene rings is 3. The molecule has 45 heavy (non-hydrogen) atoms. The molecule has 0 radical (unpaired) electrons. The number of nitrogens with one attached hydrogen (secondary N) is 2. The number of aliphatic hydroxyl groups is 1. The van der Waals surface area contributed by atoms with Crippen molar-refractivity contribution in [2.24, 2.45) is 5.92 Å². The topological polar surface area (TPSA) is 121 Å². The van der Waals surface area contributed by atoms with E-state index in [1.54, 1.807) is 37.5 Å². The summed E-state index contributed by atoms with van der Waals surface area (Å²) in [4.78, 5) is 18.4. The summed E-state index contributed by atoms with van der Waals surface area (Å²) in [6.07, 6.45) is 0.861. The van der Waals surface area contributed by atoms with Gasteiger partial charge in [-0.1, -0.05) is 85.8 Å². The Kier molecular flexibility index (Phi) is 11.7. The number of carbonyl (C=O) groups is 1. The summed E-state index contributed by atoms with van der Waals surface area (Å²) in [5.74, 6) is 0.234. The summed E-state index contributed by atoms with van der Waals surface area (Å²) >= 11 is 1.48. The number of thiazole rings is 1. The van der Waals surface area contributed by atoms with Gasteiger partial charge in [-0.25, -0.2) is 13.4 Å². The van der Waals surface area contributed by atoms with Gasteiger partial charge in [0.2, 0.25) is 10.0 Å². The van der Waals surface area contributed by atoms with Crippen molar-refractivity contribution >= 4 is 32.4 Å². The molecule has 2 atom stereocenters. The molecule has 4 aromatic rings. The largest absolute Gasteiger partial charge is 0.483 e. The Labute approximate surface area is 270 Å². The number of hydrogen-bond donors (Lipinski definition) is 3. The van der Waals surface area contributed by atoms with Crippen molar-refractivity contribution in [1.82, 2.24) is 14.6 Å². The molecule has 1 heterocycles. The molecule has 4 rings (SSSR count). The number of carbonyl (C=O) groups excluding carboxylic acids is 1. The molecular weight excluding hydrogens is 609 g/mol. The Morgan fingerprint density at radius 3 is 2.24 bits per heavy atom. The van der Waals surface area contributed by atoms with Crippen molar-refractivity contribution < 1.29 is 23.1 Å². The van der Waals surface area contributed by atoms with E-state index >= 15 is 0 Å². The van der Waals surface area contributed by atoms with E-state index in [0.717, 1.165) is 32.3 Å². The van der Waals surface area contributed by atoms with Crippen molar-refractivity contribution in [3.63, 3.8) is 0 Å². The second kappa shape index (κ2) is 15.5. The quantitative estimate of drug-likeness (QED) is 0.160. The highest BCUT2D eigenvalue weighted by Gasteiger charge is 2.31. The van der Waals surface area contributed by atoms with Crippen molar-refractivity contribution in [3.8, 4) is 16.2 Å². The molecule has 0 saturated carbocycles. The Balaban J connectivity index is 1.53. The number of ether oxygens (including phenoxy) is 1. The van der Waals surface area contributed by atoms with Crippen molar-refractivity contribution in [1.29, 1.82) is 0 Å². The zero-order valence-electron chi connectivity index (χ0n) is 26.4. The zero-order chi connectivity index (χ0) is 32.6. The molecule has 0 bridgehead atoms. The van der Waals surface area contributed by atoms with Gasteiger partial charge in [-0.15, -0.1) is 0 Å². The maximum Gasteiger partial charge on any atom is 0.258 e. The van der Waals surface area contributed by atoms with Crippen LogP contribution in [0.2, 0.25) is 0 Å². The van der Waals surface area contributed by atoms with Gasteiger partial charge < -0.3 is 20.5 Å². The molecule has 0 spiro atoms. The molecule has 0 fully saturated rings. The number of amides is 1. The van der Waals surface area contributed by atoms with Gasteiger partial charge in [0, 0.05) is 26.3 Å². The van der Waals surface area contributed by atoms with Gasteiger partial charge in [-0.2, -0.15) is 4.31 Å². The van der Waals surface area contributed by atoms with Crippen molar-refractivity contribution in [2.75, 3.05) is 32.1 Å². The van der Waals surface area contributed by atoms with Crippen LogP contribution in [-0.2, 0) is 21.2 Å². The number of aromatic nitrogens is 1. The van der Waals surface area contributed by atoms with Crippen LogP contribution in [0, 0.1) is 19.8 Å². The first-order chi connectivity index (χ1) is 21.5. The van der Waals surface area contributed by atoms with Gasteiger partial charge in [0.05, 0.1) is 21.9 Å². The van der Waals surface area contributed by atoms with Crippen LogP contribution in [0.5, 0.6) is 5.75 Å². The van der Waals surface area contributed by atoms with Crippen LogP contribution in [0.3, 0.4) is 0 Å². The molecular formula is C34H42N4O5S2. The SMILES string of the molecule is CNc1ncc(-c2ccc(S(=O)(=O)N(CC(C)C)C[C@H](O)[C@H](Cc3ccccc3)NC(=O)COc3c(C)cccc3C)cc2)s1. The van der Waals surface area contributed by atoms with E-state index in [0.29, 0.717) is 12.2 Å². The van der Waals surface area contributed by atoms with Crippen LogP contribution >= 0.6 is 11.3 Å². The van der Waals surface area contributed by atoms with Gasteiger partial charge in [0.1, 0.15) is 5.75 Å². The zero-order valence-corrected chi connectivity index (χ0v) is 28.0. The molecule has 3 N–H and O–H groups in total. The summed E-state index contributed by atoms with van der Waals surface area (Å²) in [7, 11) is -2.17. The number of para-hydroxylation sites is 1. The van der Waals surface area contributed by atoms with E-state index in [2.05, 4.69) is 15.6 Å². The fourth-order valence-corrected chi connectivity index (χ4v) is 7.44. The number of sulfonamides is 1. The number of rotatable bonds is 15. The number of anilines is 1. The highest BCUT2D eigenvalue weighted by atomic mass is 32.2. The highest BCUT2D eigenvalue weighted by Crippen LogP contribution is 2.30. The average Bonchev–Trinajstić information content (AvgIpc) is 3.50. The summed E-state index contributed by atoms with van der Waals surface area (Å²) in [5, 5.41) is 18.2. The van der Waals surface area contributed by atoms with Crippen LogP contribution in [0.4, 0.5) is 5.13 Å². The smallest absolute Gasteiger partial charge is 0.258 e. The number of hydrogen-bond acceptors (Lipinski definition) is 8. The molecule has 0 saturated heterocycles. The minimum absolute atomic E-state index is 0.00341. The van der Waals surface area contributed by atoms with E-state index < -0.39 is 28.1 Å². The predicted molar refractivity (Wildman–Crippen MR) is 180 cm³/mol. The molecule has 9 nitrogen and oxygen atoms in total. The lowest BCUT2D eigenvalue weighted by Gasteiger charge is -2.31. The first kappa shape index (κ1) is 34.1. The molecule has 3 aromatic carbocycles. The minimum atomic E-state index is -3.97. The molecule has 0 unspecified atom stereocenters. The fourth-order valence-electron chi connectivity index (χ4n) is 5.04. The second-order valence-corrected chi connectivity index (χ2v) is 14.4. The van der Waals surface area contributed by atoms with Crippen LogP contribution in [0.1, 0.15) is 30.5 Å². The normalized spacial score (nSPS) is 13.1. The van der Waals surface area contributed by atoms with Crippen LogP contribution in [-0.4, -0.2) is 67.6 Å². The molecule has 240 valence electrons. The lowest BCUT2D eigenvalue weighted by Crippen LogP contribution is -2.52. The molecule has 1 amide bonds. The molecule has 11 heteroatoms. The maximum absolute atomic E-state index is 13.9. The van der Waals surface area contributed by atoms with Crippen molar-refractivity contribution in [3.05, 3.63) is 95.7 Å². The van der Waals surface area contributed by atoms with Gasteiger partial charge in [-0.05, 0) is 60.6 Å². The maximum atomic E-state index is 13.9. The predicted octanol–water partition coefficient (Wildman–Crippen LogP) is 5.28. The van der Waals surface area contributed by atoms with Gasteiger partial charge in [-0.3, -0.25) is 4.79 Å². The number of nitrogens with zero attached hydrogens (tertiary/aromatic N) is 2. The van der Waals surface area contributed by atoms with Crippen LogP contribution in [0.15, 0.2) is 83.9 Å². The summed E-state index contributed by atoms with van der Waals surface area (Å²) in [5.41, 5.74) is 3.59. The van der Waals surface area contributed by atoms with Crippen molar-refractivity contribution in [2.45, 2.75) is 51.2 Å². The lowest BCUT2D eigenvalue weighted by molar-refractivity contribution is -0.124. The minimum Gasteiger partial charge on any atom is -0.483 e. The molecule has 0 aliphatic heterocycles.